The largest absolute Gasteiger partial charge is 0.454 e. The Balaban J connectivity index is 2.02. The Kier molecular flexibility index (Phi) is 9.49. The number of esters is 1. The van der Waals surface area contributed by atoms with E-state index < -0.39 is 40.3 Å². The summed E-state index contributed by atoms with van der Waals surface area (Å²) in [5, 5.41) is 26.8. The van der Waals surface area contributed by atoms with Crippen molar-refractivity contribution in [2.24, 2.45) is 0 Å². The summed E-state index contributed by atoms with van der Waals surface area (Å²) in [6.45, 7) is 0.969. The molecule has 0 spiro atoms. The first-order chi connectivity index (χ1) is 16.1. The second-order valence-electron chi connectivity index (χ2n) is 7.03. The maximum absolute atomic E-state index is 12.5. The van der Waals surface area contributed by atoms with E-state index in [-0.39, 0.29) is 29.0 Å². The summed E-state index contributed by atoms with van der Waals surface area (Å²) in [5.41, 5.74) is 0.290. The minimum absolute atomic E-state index is 0.00459. The van der Waals surface area contributed by atoms with Gasteiger partial charge in [0.05, 0.1) is 15.5 Å². The topological polar surface area (TPSA) is 171 Å². The molecule has 12 nitrogen and oxygen atoms in total. The molecule has 13 heteroatoms. The molecule has 34 heavy (non-hydrogen) atoms. The highest BCUT2D eigenvalue weighted by Crippen LogP contribution is 2.21. The van der Waals surface area contributed by atoms with Crippen molar-refractivity contribution in [1.82, 2.24) is 5.32 Å². The summed E-state index contributed by atoms with van der Waals surface area (Å²) in [6, 6.07) is 7.91. The highest BCUT2D eigenvalue weighted by atomic mass is 32.2. The monoisotopic (exact) mass is 490 g/mol. The third kappa shape index (κ3) is 7.55. The molecule has 2 N–H and O–H groups in total. The third-order valence-corrected chi connectivity index (χ3v) is 5.22. The van der Waals surface area contributed by atoms with E-state index in [0.717, 1.165) is 6.07 Å². The van der Waals surface area contributed by atoms with Crippen LogP contribution in [0.2, 0.25) is 0 Å². The number of hydrogen-bond acceptors (Lipinski definition) is 9. The Hall–Kier alpha value is -4.00. The van der Waals surface area contributed by atoms with Gasteiger partial charge in [0.1, 0.15) is 6.04 Å². The molecule has 2 aromatic rings. The normalized spacial score (nSPS) is 11.2. The summed E-state index contributed by atoms with van der Waals surface area (Å²) in [5.74, 6) is -1.79. The molecule has 2 amide bonds. The fourth-order valence-electron chi connectivity index (χ4n) is 2.77. The molecule has 0 aliphatic carbocycles. The van der Waals surface area contributed by atoms with Crippen LogP contribution in [0.25, 0.3) is 0 Å². The van der Waals surface area contributed by atoms with E-state index in [9.17, 15) is 34.6 Å². The van der Waals surface area contributed by atoms with Gasteiger partial charge in [-0.1, -0.05) is 12.1 Å². The zero-order valence-electron chi connectivity index (χ0n) is 18.3. The van der Waals surface area contributed by atoms with Gasteiger partial charge in [-0.05, 0) is 37.0 Å². The van der Waals surface area contributed by atoms with E-state index >= 15 is 0 Å². The standard InChI is InChI=1S/C21H22N4O8S/c1-13-6-7-16(25(31)32)11-18(13)22-19(26)12-33-21(28)17(8-9-34-2)23-20(27)14-4-3-5-15(10-14)24(29)30/h3-7,10-11,17H,8-9,12H2,1-2H3,(H,22,26)(H,23,27). The predicted octanol–water partition coefficient (Wildman–Crippen LogP) is 2.84. The maximum atomic E-state index is 12.5. The second-order valence-corrected chi connectivity index (χ2v) is 8.01. The average molecular weight is 490 g/mol. The van der Waals surface area contributed by atoms with Crippen LogP contribution in [0.1, 0.15) is 22.3 Å². The smallest absolute Gasteiger partial charge is 0.329 e. The number of amides is 2. The van der Waals surface area contributed by atoms with E-state index in [0.29, 0.717) is 11.3 Å². The van der Waals surface area contributed by atoms with E-state index in [1.807, 2.05) is 0 Å². The second kappa shape index (κ2) is 12.3. The number of carbonyl (C=O) groups is 3. The van der Waals surface area contributed by atoms with Crippen LogP contribution in [-0.2, 0) is 14.3 Å². The molecule has 0 aliphatic rings. The van der Waals surface area contributed by atoms with Gasteiger partial charge in [-0.15, -0.1) is 0 Å². The number of anilines is 1. The van der Waals surface area contributed by atoms with E-state index in [1.165, 1.54) is 48.2 Å². The van der Waals surface area contributed by atoms with Gasteiger partial charge in [0.15, 0.2) is 6.61 Å². The number of nitrogens with one attached hydrogen (secondary N) is 2. The van der Waals surface area contributed by atoms with Crippen LogP contribution >= 0.6 is 11.8 Å². The molecule has 0 fully saturated rings. The van der Waals surface area contributed by atoms with Gasteiger partial charge >= 0.3 is 5.97 Å². The number of non-ortho nitro benzene ring substituents is 2. The van der Waals surface area contributed by atoms with Crippen molar-refractivity contribution >= 4 is 46.6 Å². The third-order valence-electron chi connectivity index (χ3n) is 4.57. The lowest BCUT2D eigenvalue weighted by atomic mass is 10.1. The zero-order chi connectivity index (χ0) is 25.3. The van der Waals surface area contributed by atoms with Gasteiger partial charge in [0.2, 0.25) is 0 Å². The van der Waals surface area contributed by atoms with E-state index in [4.69, 9.17) is 4.74 Å². The number of nitro benzene ring substituents is 2. The van der Waals surface area contributed by atoms with Crippen LogP contribution in [-0.4, -0.2) is 52.3 Å². The van der Waals surface area contributed by atoms with Gasteiger partial charge in [-0.3, -0.25) is 29.8 Å². The quantitative estimate of drug-likeness (QED) is 0.273. The van der Waals surface area contributed by atoms with Crippen LogP contribution in [0.4, 0.5) is 17.1 Å². The summed E-state index contributed by atoms with van der Waals surface area (Å²) < 4.78 is 5.03. The summed E-state index contributed by atoms with van der Waals surface area (Å²) in [6.07, 6.45) is 2.01. The molecule has 0 heterocycles. The van der Waals surface area contributed by atoms with Crippen molar-refractivity contribution in [2.45, 2.75) is 19.4 Å². The molecule has 0 aliphatic heterocycles. The van der Waals surface area contributed by atoms with Crippen LogP contribution in [0, 0.1) is 27.2 Å². The number of rotatable bonds is 11. The molecular formula is C21H22N4O8S. The van der Waals surface area contributed by atoms with Crippen molar-refractivity contribution in [3.63, 3.8) is 0 Å². The van der Waals surface area contributed by atoms with Crippen LogP contribution in [0.3, 0.4) is 0 Å². The number of aryl methyl sites for hydroxylation is 1. The molecule has 0 bridgehead atoms. The molecule has 0 saturated heterocycles. The molecule has 1 atom stereocenters. The zero-order valence-corrected chi connectivity index (χ0v) is 19.1. The number of ether oxygens (including phenoxy) is 1. The minimum Gasteiger partial charge on any atom is -0.454 e. The minimum atomic E-state index is -1.09. The Morgan fingerprint density at radius 3 is 2.38 bits per heavy atom. The maximum Gasteiger partial charge on any atom is 0.329 e. The van der Waals surface area contributed by atoms with E-state index in [1.54, 1.807) is 13.2 Å². The fraction of sp³-hybridized carbons (Fsp3) is 0.286. The molecule has 0 aromatic heterocycles. The number of nitro groups is 2. The first kappa shape index (κ1) is 26.3. The average Bonchev–Trinajstić information content (AvgIpc) is 2.81. The van der Waals surface area contributed by atoms with Crippen molar-refractivity contribution in [3.8, 4) is 0 Å². The lowest BCUT2D eigenvalue weighted by molar-refractivity contribution is -0.385. The first-order valence-electron chi connectivity index (χ1n) is 9.88. The Morgan fingerprint density at radius 2 is 1.74 bits per heavy atom. The van der Waals surface area contributed by atoms with Crippen LogP contribution < -0.4 is 10.6 Å². The summed E-state index contributed by atoms with van der Waals surface area (Å²) in [7, 11) is 0. The van der Waals surface area contributed by atoms with Gasteiger partial charge < -0.3 is 15.4 Å². The highest BCUT2D eigenvalue weighted by Gasteiger charge is 2.24. The highest BCUT2D eigenvalue weighted by molar-refractivity contribution is 7.98. The van der Waals surface area contributed by atoms with Gasteiger partial charge in [-0.25, -0.2) is 4.79 Å². The SMILES string of the molecule is CSCCC(NC(=O)c1cccc([N+](=O)[O-])c1)C(=O)OCC(=O)Nc1cc([N+](=O)[O-])ccc1C. The Labute approximate surface area is 198 Å². The lowest BCUT2D eigenvalue weighted by Gasteiger charge is -2.17. The number of nitrogens with zero attached hydrogens (tertiary/aromatic N) is 2. The summed E-state index contributed by atoms with van der Waals surface area (Å²) >= 11 is 1.43. The number of hydrogen-bond donors (Lipinski definition) is 2. The van der Waals surface area contributed by atoms with Crippen LogP contribution in [0.15, 0.2) is 42.5 Å². The molecule has 180 valence electrons. The van der Waals surface area contributed by atoms with Gasteiger partial charge in [-0.2, -0.15) is 11.8 Å². The molecule has 1 unspecified atom stereocenters. The Bertz CT molecular complexity index is 1110. The van der Waals surface area contributed by atoms with Crippen molar-refractivity contribution < 1.29 is 29.0 Å². The number of carbonyl (C=O) groups excluding carboxylic acids is 3. The molecule has 2 aromatic carbocycles. The number of thioether (sulfide) groups is 1. The molecule has 2 rings (SSSR count). The first-order valence-corrected chi connectivity index (χ1v) is 11.3. The number of benzene rings is 2. The summed E-state index contributed by atoms with van der Waals surface area (Å²) in [4.78, 5) is 57.9. The lowest BCUT2D eigenvalue weighted by Crippen LogP contribution is -2.43. The van der Waals surface area contributed by atoms with Gasteiger partial charge in [0.25, 0.3) is 23.2 Å². The molecular weight excluding hydrogens is 468 g/mol. The Morgan fingerprint density at radius 1 is 1.06 bits per heavy atom. The van der Waals surface area contributed by atoms with Crippen molar-refractivity contribution in [2.75, 3.05) is 23.9 Å². The van der Waals surface area contributed by atoms with E-state index in [2.05, 4.69) is 10.6 Å². The van der Waals surface area contributed by atoms with Gasteiger partial charge in [0, 0.05) is 29.8 Å². The van der Waals surface area contributed by atoms with Crippen molar-refractivity contribution in [3.05, 3.63) is 73.8 Å². The molecule has 0 saturated carbocycles. The van der Waals surface area contributed by atoms with Crippen molar-refractivity contribution in [1.29, 1.82) is 0 Å². The predicted molar refractivity (Wildman–Crippen MR) is 125 cm³/mol. The van der Waals surface area contributed by atoms with Crippen LogP contribution in [0.5, 0.6) is 0 Å². The fourth-order valence-corrected chi connectivity index (χ4v) is 3.24. The molecule has 0 radical (unpaired) electrons.